The Morgan fingerprint density at radius 1 is 1.24 bits per heavy atom. The average molecular weight is 302 g/mol. The third-order valence-corrected chi connectivity index (χ3v) is 3.62. The van der Waals surface area contributed by atoms with Crippen molar-refractivity contribution in [2.24, 2.45) is 7.05 Å². The van der Waals surface area contributed by atoms with Crippen LogP contribution in [0.15, 0.2) is 36.7 Å². The minimum absolute atomic E-state index is 0.155. The fourth-order valence-corrected chi connectivity index (χ4v) is 2.52. The summed E-state index contributed by atoms with van der Waals surface area (Å²) in [6.45, 7) is 2.13. The Kier molecular flexibility index (Phi) is 3.75. The Morgan fingerprint density at radius 3 is 2.71 bits per heavy atom. The standard InChI is InChI=1S/C15H16ClN5/c1-3-11(10-7-5-4-6-8-10)18-13-12-14(20-15(16)19-13)21(2)9-17-12/h4-9,11H,3H2,1-2H3,(H,18,19,20)/t11-/m1/s1. The smallest absolute Gasteiger partial charge is 0.226 e. The van der Waals surface area contributed by atoms with Gasteiger partial charge >= 0.3 is 0 Å². The summed E-state index contributed by atoms with van der Waals surface area (Å²) in [4.78, 5) is 12.9. The third-order valence-electron chi connectivity index (χ3n) is 3.45. The molecule has 0 saturated heterocycles. The van der Waals surface area contributed by atoms with E-state index in [9.17, 15) is 0 Å². The molecule has 2 heterocycles. The third kappa shape index (κ3) is 2.69. The summed E-state index contributed by atoms with van der Waals surface area (Å²) in [6.07, 6.45) is 2.64. The summed E-state index contributed by atoms with van der Waals surface area (Å²) < 4.78 is 1.83. The number of aromatic nitrogens is 4. The summed E-state index contributed by atoms with van der Waals surface area (Å²) >= 11 is 6.02. The van der Waals surface area contributed by atoms with E-state index in [1.54, 1.807) is 6.33 Å². The van der Waals surface area contributed by atoms with E-state index >= 15 is 0 Å². The quantitative estimate of drug-likeness (QED) is 0.748. The summed E-state index contributed by atoms with van der Waals surface area (Å²) in [5.41, 5.74) is 2.66. The largest absolute Gasteiger partial charge is 0.361 e. The number of imidazole rings is 1. The molecular formula is C15H16ClN5. The summed E-state index contributed by atoms with van der Waals surface area (Å²) in [6, 6.07) is 10.4. The maximum atomic E-state index is 6.02. The molecular weight excluding hydrogens is 286 g/mol. The van der Waals surface area contributed by atoms with E-state index in [4.69, 9.17) is 11.6 Å². The lowest BCUT2D eigenvalue weighted by atomic mass is 10.0. The number of nitrogens with one attached hydrogen (secondary N) is 1. The first kappa shape index (κ1) is 13.8. The Labute approximate surface area is 128 Å². The SMILES string of the molecule is CC[C@@H](Nc1nc(Cl)nc2c1ncn2C)c1ccccc1. The monoisotopic (exact) mass is 301 g/mol. The Bertz CT molecular complexity index is 753. The average Bonchev–Trinajstić information content (AvgIpc) is 2.87. The molecule has 21 heavy (non-hydrogen) atoms. The van der Waals surface area contributed by atoms with Crippen molar-refractivity contribution >= 4 is 28.6 Å². The first-order valence-corrected chi connectivity index (χ1v) is 7.23. The van der Waals surface area contributed by atoms with Crippen LogP contribution in [-0.2, 0) is 7.05 Å². The molecule has 0 aliphatic rings. The number of halogens is 1. The van der Waals surface area contributed by atoms with Crippen LogP contribution in [0, 0.1) is 0 Å². The van der Waals surface area contributed by atoms with Gasteiger partial charge in [-0.3, -0.25) is 0 Å². The zero-order valence-corrected chi connectivity index (χ0v) is 12.7. The molecule has 0 fully saturated rings. The van der Waals surface area contributed by atoms with Gasteiger partial charge in [-0.05, 0) is 23.6 Å². The van der Waals surface area contributed by atoms with E-state index in [-0.39, 0.29) is 11.3 Å². The molecule has 0 bridgehead atoms. The number of hydrogen-bond donors (Lipinski definition) is 1. The topological polar surface area (TPSA) is 55.6 Å². The molecule has 0 saturated carbocycles. The highest BCUT2D eigenvalue weighted by molar-refractivity contribution is 6.28. The van der Waals surface area contributed by atoms with Crippen molar-refractivity contribution in [3.63, 3.8) is 0 Å². The van der Waals surface area contributed by atoms with Gasteiger partial charge < -0.3 is 9.88 Å². The van der Waals surface area contributed by atoms with E-state index in [0.29, 0.717) is 5.82 Å². The van der Waals surface area contributed by atoms with E-state index in [0.717, 1.165) is 17.6 Å². The lowest BCUT2D eigenvalue weighted by Gasteiger charge is -2.18. The summed E-state index contributed by atoms with van der Waals surface area (Å²) in [7, 11) is 1.89. The molecule has 5 nitrogen and oxygen atoms in total. The number of hydrogen-bond acceptors (Lipinski definition) is 4. The van der Waals surface area contributed by atoms with Gasteiger partial charge in [0.2, 0.25) is 5.28 Å². The first-order chi connectivity index (χ1) is 10.2. The maximum Gasteiger partial charge on any atom is 0.226 e. The zero-order chi connectivity index (χ0) is 14.8. The first-order valence-electron chi connectivity index (χ1n) is 6.85. The highest BCUT2D eigenvalue weighted by Gasteiger charge is 2.15. The second kappa shape index (κ2) is 5.69. The maximum absolute atomic E-state index is 6.02. The van der Waals surface area contributed by atoms with Gasteiger partial charge in [-0.2, -0.15) is 9.97 Å². The molecule has 0 aliphatic carbocycles. The number of nitrogens with zero attached hydrogens (tertiary/aromatic N) is 4. The van der Waals surface area contributed by atoms with E-state index in [1.165, 1.54) is 5.56 Å². The number of aryl methyl sites for hydroxylation is 1. The molecule has 0 spiro atoms. The van der Waals surface area contributed by atoms with Crippen LogP contribution < -0.4 is 5.32 Å². The predicted octanol–water partition coefficient (Wildman–Crippen LogP) is 3.58. The van der Waals surface area contributed by atoms with Crippen LogP contribution in [0.3, 0.4) is 0 Å². The van der Waals surface area contributed by atoms with Gasteiger partial charge in [-0.25, -0.2) is 4.98 Å². The molecule has 0 aliphatic heterocycles. The highest BCUT2D eigenvalue weighted by atomic mass is 35.5. The van der Waals surface area contributed by atoms with Crippen molar-refractivity contribution in [2.75, 3.05) is 5.32 Å². The molecule has 6 heteroatoms. The Hall–Kier alpha value is -2.14. The summed E-state index contributed by atoms with van der Waals surface area (Å²) in [5.74, 6) is 0.668. The van der Waals surface area contributed by atoms with E-state index in [2.05, 4.69) is 39.3 Å². The van der Waals surface area contributed by atoms with Gasteiger partial charge in [-0.15, -0.1) is 0 Å². The number of benzene rings is 1. The molecule has 108 valence electrons. The van der Waals surface area contributed by atoms with Crippen LogP contribution in [0.2, 0.25) is 5.28 Å². The van der Waals surface area contributed by atoms with Crippen LogP contribution in [0.1, 0.15) is 24.9 Å². The molecule has 1 N–H and O–H groups in total. The van der Waals surface area contributed by atoms with Gasteiger partial charge in [-0.1, -0.05) is 37.3 Å². The summed E-state index contributed by atoms with van der Waals surface area (Å²) in [5, 5.41) is 3.65. The second-order valence-corrected chi connectivity index (χ2v) is 5.22. The predicted molar refractivity (Wildman–Crippen MR) is 84.4 cm³/mol. The van der Waals surface area contributed by atoms with E-state index in [1.807, 2.05) is 29.8 Å². The number of fused-ring (bicyclic) bond motifs is 1. The van der Waals surface area contributed by atoms with Crippen molar-refractivity contribution < 1.29 is 0 Å². The van der Waals surface area contributed by atoms with Gasteiger partial charge in [0, 0.05) is 7.05 Å². The van der Waals surface area contributed by atoms with Crippen molar-refractivity contribution in [2.45, 2.75) is 19.4 Å². The second-order valence-electron chi connectivity index (χ2n) is 4.88. The molecule has 1 atom stereocenters. The van der Waals surface area contributed by atoms with Crippen molar-refractivity contribution in [3.05, 3.63) is 47.5 Å². The van der Waals surface area contributed by atoms with Crippen LogP contribution in [0.4, 0.5) is 5.82 Å². The Balaban J connectivity index is 2.00. The normalized spacial score (nSPS) is 12.5. The minimum Gasteiger partial charge on any atom is -0.361 e. The van der Waals surface area contributed by atoms with Gasteiger partial charge in [0.1, 0.15) is 0 Å². The van der Waals surface area contributed by atoms with Crippen LogP contribution in [-0.4, -0.2) is 19.5 Å². The molecule has 0 unspecified atom stereocenters. The zero-order valence-electron chi connectivity index (χ0n) is 11.9. The molecule has 2 aromatic heterocycles. The lowest BCUT2D eigenvalue weighted by molar-refractivity contribution is 0.745. The molecule has 3 aromatic rings. The van der Waals surface area contributed by atoms with E-state index < -0.39 is 0 Å². The van der Waals surface area contributed by atoms with Gasteiger partial charge in [0.25, 0.3) is 0 Å². The van der Waals surface area contributed by atoms with Crippen LogP contribution >= 0.6 is 11.6 Å². The van der Waals surface area contributed by atoms with Gasteiger partial charge in [0.15, 0.2) is 17.0 Å². The minimum atomic E-state index is 0.155. The van der Waals surface area contributed by atoms with Gasteiger partial charge in [0.05, 0.1) is 12.4 Å². The van der Waals surface area contributed by atoms with Crippen molar-refractivity contribution in [1.29, 1.82) is 0 Å². The fraction of sp³-hybridized carbons (Fsp3) is 0.267. The van der Waals surface area contributed by atoms with Crippen molar-refractivity contribution in [1.82, 2.24) is 19.5 Å². The molecule has 1 aromatic carbocycles. The lowest BCUT2D eigenvalue weighted by Crippen LogP contribution is -2.11. The molecule has 0 amide bonds. The number of anilines is 1. The fourth-order valence-electron chi connectivity index (χ4n) is 2.35. The molecule has 3 rings (SSSR count). The van der Waals surface area contributed by atoms with Crippen molar-refractivity contribution in [3.8, 4) is 0 Å². The number of rotatable bonds is 4. The van der Waals surface area contributed by atoms with Crippen LogP contribution in [0.5, 0.6) is 0 Å². The molecule has 0 radical (unpaired) electrons. The Morgan fingerprint density at radius 2 is 2.00 bits per heavy atom. The highest BCUT2D eigenvalue weighted by Crippen LogP contribution is 2.26. The van der Waals surface area contributed by atoms with Crippen LogP contribution in [0.25, 0.3) is 11.2 Å².